The molecule has 0 spiro atoms. The summed E-state index contributed by atoms with van der Waals surface area (Å²) in [4.78, 5) is 4.11. The van der Waals surface area contributed by atoms with E-state index in [-0.39, 0.29) is 0 Å². The second-order valence-electron chi connectivity index (χ2n) is 3.83. The zero-order valence-corrected chi connectivity index (χ0v) is 9.83. The first-order valence-electron chi connectivity index (χ1n) is 5.56. The molecule has 0 aliphatic carbocycles. The lowest BCUT2D eigenvalue weighted by Gasteiger charge is -2.07. The van der Waals surface area contributed by atoms with Crippen molar-refractivity contribution in [1.82, 2.24) is 10.3 Å². The first-order valence-corrected chi connectivity index (χ1v) is 5.56. The van der Waals surface area contributed by atoms with Gasteiger partial charge in [0, 0.05) is 18.4 Å². The van der Waals surface area contributed by atoms with Gasteiger partial charge in [0.15, 0.2) is 0 Å². The minimum Gasteiger partial charge on any atom is -0.311 e. The van der Waals surface area contributed by atoms with Crippen LogP contribution in [-0.4, -0.2) is 17.6 Å². The zero-order chi connectivity index (χ0) is 11.1. The third-order valence-electron chi connectivity index (χ3n) is 2.36. The molecule has 0 amide bonds. The minimum absolute atomic E-state index is 0.421. The average molecular weight is 204 g/mol. The first-order chi connectivity index (χ1) is 7.24. The second kappa shape index (κ2) is 6.36. The number of aromatic nitrogens is 1. The zero-order valence-electron chi connectivity index (χ0n) is 9.83. The largest absolute Gasteiger partial charge is 0.311 e. The summed E-state index contributed by atoms with van der Waals surface area (Å²) in [5.41, 5.74) is 2.46. The molecule has 0 radical (unpaired) electrons. The summed E-state index contributed by atoms with van der Waals surface area (Å²) in [6, 6.07) is 2.45. The van der Waals surface area contributed by atoms with Crippen LogP contribution in [0.3, 0.4) is 0 Å². The summed E-state index contributed by atoms with van der Waals surface area (Å²) in [5.74, 6) is 0. The van der Waals surface area contributed by atoms with Crippen molar-refractivity contribution in [2.24, 2.45) is 0 Å². The van der Waals surface area contributed by atoms with Crippen LogP contribution in [0.15, 0.2) is 24.5 Å². The van der Waals surface area contributed by atoms with E-state index in [1.165, 1.54) is 17.5 Å². The van der Waals surface area contributed by atoms with Crippen LogP contribution in [0.5, 0.6) is 0 Å². The predicted molar refractivity (Wildman–Crippen MR) is 65.8 cm³/mol. The summed E-state index contributed by atoms with van der Waals surface area (Å²) in [7, 11) is 0. The van der Waals surface area contributed by atoms with Gasteiger partial charge in [-0.05, 0) is 44.0 Å². The average Bonchev–Trinajstić information content (AvgIpc) is 2.25. The van der Waals surface area contributed by atoms with Gasteiger partial charge in [0.1, 0.15) is 0 Å². The van der Waals surface area contributed by atoms with E-state index in [1.54, 1.807) is 0 Å². The van der Waals surface area contributed by atoms with Gasteiger partial charge in [-0.15, -0.1) is 0 Å². The van der Waals surface area contributed by atoms with E-state index in [4.69, 9.17) is 0 Å². The quantitative estimate of drug-likeness (QED) is 0.797. The molecule has 0 aromatic carbocycles. The molecule has 82 valence electrons. The third kappa shape index (κ3) is 4.26. The minimum atomic E-state index is 0.421. The maximum atomic E-state index is 4.11. The van der Waals surface area contributed by atoms with Crippen LogP contribution < -0.4 is 5.32 Å². The van der Waals surface area contributed by atoms with E-state index in [0.29, 0.717) is 6.04 Å². The molecule has 1 rings (SSSR count). The van der Waals surface area contributed by atoms with E-state index < -0.39 is 0 Å². The molecule has 0 aliphatic rings. The summed E-state index contributed by atoms with van der Waals surface area (Å²) in [6.45, 7) is 7.51. The number of aryl methyl sites for hydroxylation is 1. The van der Waals surface area contributed by atoms with Crippen molar-refractivity contribution in [2.75, 3.05) is 6.54 Å². The molecule has 2 nitrogen and oxygen atoms in total. The molecular weight excluding hydrogens is 184 g/mol. The van der Waals surface area contributed by atoms with E-state index in [0.717, 1.165) is 6.54 Å². The Morgan fingerprint density at radius 3 is 3.00 bits per heavy atom. The Morgan fingerprint density at radius 1 is 1.53 bits per heavy atom. The van der Waals surface area contributed by atoms with Crippen molar-refractivity contribution in [3.8, 4) is 0 Å². The molecule has 1 heterocycles. The van der Waals surface area contributed by atoms with Crippen molar-refractivity contribution < 1.29 is 0 Å². The standard InChI is InChI=1S/C13H20N2/c1-4-8-15-12(3)5-6-13-10-14-9-7-11(13)2/h5-7,9-10,12,15H,4,8H2,1-3H3/b6-5+. The Morgan fingerprint density at radius 2 is 2.33 bits per heavy atom. The van der Waals surface area contributed by atoms with Crippen molar-refractivity contribution in [3.63, 3.8) is 0 Å². The van der Waals surface area contributed by atoms with Crippen molar-refractivity contribution in [3.05, 3.63) is 35.7 Å². The smallest absolute Gasteiger partial charge is 0.0342 e. The molecular formula is C13H20N2. The molecule has 0 saturated carbocycles. The molecule has 1 N–H and O–H groups in total. The third-order valence-corrected chi connectivity index (χ3v) is 2.36. The number of hydrogen-bond donors (Lipinski definition) is 1. The predicted octanol–water partition coefficient (Wildman–Crippen LogP) is 2.79. The number of hydrogen-bond acceptors (Lipinski definition) is 2. The fourth-order valence-corrected chi connectivity index (χ4v) is 1.34. The van der Waals surface area contributed by atoms with E-state index >= 15 is 0 Å². The Balaban J connectivity index is 2.53. The lowest BCUT2D eigenvalue weighted by molar-refractivity contribution is 0.625. The number of pyridine rings is 1. The van der Waals surface area contributed by atoms with Gasteiger partial charge in [-0.1, -0.05) is 19.1 Å². The van der Waals surface area contributed by atoms with Crippen molar-refractivity contribution >= 4 is 6.08 Å². The number of rotatable bonds is 5. The van der Waals surface area contributed by atoms with E-state index in [9.17, 15) is 0 Å². The highest BCUT2D eigenvalue weighted by Crippen LogP contribution is 2.07. The molecule has 1 atom stereocenters. The van der Waals surface area contributed by atoms with Gasteiger partial charge >= 0.3 is 0 Å². The SMILES string of the molecule is CCCNC(C)/C=C/c1cnccc1C. The molecule has 2 heteroatoms. The molecule has 0 bridgehead atoms. The highest BCUT2D eigenvalue weighted by Gasteiger charge is 1.95. The highest BCUT2D eigenvalue weighted by molar-refractivity contribution is 5.52. The van der Waals surface area contributed by atoms with E-state index in [2.05, 4.69) is 43.2 Å². The fraction of sp³-hybridized carbons (Fsp3) is 0.462. The summed E-state index contributed by atoms with van der Waals surface area (Å²) in [6.07, 6.45) is 9.21. The molecule has 0 saturated heterocycles. The highest BCUT2D eigenvalue weighted by atomic mass is 14.9. The van der Waals surface area contributed by atoms with Gasteiger partial charge in [0.05, 0.1) is 0 Å². The molecule has 15 heavy (non-hydrogen) atoms. The van der Waals surface area contributed by atoms with Gasteiger partial charge in [0.25, 0.3) is 0 Å². The second-order valence-corrected chi connectivity index (χ2v) is 3.83. The van der Waals surface area contributed by atoms with Crippen LogP contribution in [0.25, 0.3) is 6.08 Å². The van der Waals surface area contributed by atoms with Gasteiger partial charge < -0.3 is 5.32 Å². The van der Waals surface area contributed by atoms with Gasteiger partial charge in [-0.2, -0.15) is 0 Å². The van der Waals surface area contributed by atoms with Gasteiger partial charge in [-0.3, -0.25) is 4.98 Å². The molecule has 0 aliphatic heterocycles. The number of nitrogens with zero attached hydrogens (tertiary/aromatic N) is 1. The topological polar surface area (TPSA) is 24.9 Å². The van der Waals surface area contributed by atoms with Crippen LogP contribution >= 0.6 is 0 Å². The molecule has 1 unspecified atom stereocenters. The van der Waals surface area contributed by atoms with Crippen LogP contribution in [0, 0.1) is 6.92 Å². The lowest BCUT2D eigenvalue weighted by atomic mass is 10.1. The van der Waals surface area contributed by atoms with Crippen LogP contribution in [0.1, 0.15) is 31.4 Å². The van der Waals surface area contributed by atoms with Crippen LogP contribution in [0.2, 0.25) is 0 Å². The Kier molecular flexibility index (Phi) is 5.05. The van der Waals surface area contributed by atoms with Crippen LogP contribution in [0.4, 0.5) is 0 Å². The van der Waals surface area contributed by atoms with Crippen molar-refractivity contribution in [1.29, 1.82) is 0 Å². The Labute approximate surface area is 92.4 Å². The molecule has 1 aromatic rings. The van der Waals surface area contributed by atoms with E-state index in [1.807, 2.05) is 18.5 Å². The lowest BCUT2D eigenvalue weighted by Crippen LogP contribution is -2.24. The maximum absolute atomic E-state index is 4.11. The fourth-order valence-electron chi connectivity index (χ4n) is 1.34. The summed E-state index contributed by atoms with van der Waals surface area (Å²) < 4.78 is 0. The normalized spacial score (nSPS) is 13.3. The Bertz CT molecular complexity index is 318. The van der Waals surface area contributed by atoms with Crippen LogP contribution in [-0.2, 0) is 0 Å². The van der Waals surface area contributed by atoms with Gasteiger partial charge in [-0.25, -0.2) is 0 Å². The monoisotopic (exact) mass is 204 g/mol. The van der Waals surface area contributed by atoms with Gasteiger partial charge in [0.2, 0.25) is 0 Å². The summed E-state index contributed by atoms with van der Waals surface area (Å²) >= 11 is 0. The van der Waals surface area contributed by atoms with Crippen molar-refractivity contribution in [2.45, 2.75) is 33.2 Å². The molecule has 1 aromatic heterocycles. The first kappa shape index (κ1) is 11.9. The number of nitrogens with one attached hydrogen (secondary N) is 1. The maximum Gasteiger partial charge on any atom is 0.0342 e. The summed E-state index contributed by atoms with van der Waals surface area (Å²) in [5, 5.41) is 3.41. The Hall–Kier alpha value is -1.15. The molecule has 0 fully saturated rings.